The lowest BCUT2D eigenvalue weighted by Gasteiger charge is -2.27. The Kier molecular flexibility index (Phi) is 13.5. The van der Waals surface area contributed by atoms with Crippen LogP contribution in [0.1, 0.15) is 87.1 Å². The molecule has 39 heavy (non-hydrogen) atoms. The number of carbonyl (C=O) groups is 1. The van der Waals surface area contributed by atoms with Crippen LogP contribution >= 0.6 is 11.3 Å². The molecule has 1 unspecified atom stereocenters. The Morgan fingerprint density at radius 3 is 2.59 bits per heavy atom. The van der Waals surface area contributed by atoms with Gasteiger partial charge in [0.2, 0.25) is 11.9 Å². The van der Waals surface area contributed by atoms with Crippen molar-refractivity contribution in [2.24, 2.45) is 0 Å². The van der Waals surface area contributed by atoms with Crippen LogP contribution in [0.25, 0.3) is 0 Å². The zero-order valence-electron chi connectivity index (χ0n) is 24.2. The minimum Gasteiger partial charge on any atom is -0.356 e. The first kappa shape index (κ1) is 32.3. The minimum absolute atomic E-state index is 0.0269. The van der Waals surface area contributed by atoms with Crippen molar-refractivity contribution in [2.75, 3.05) is 29.4 Å². The first-order chi connectivity index (χ1) is 18.8. The van der Waals surface area contributed by atoms with Crippen LogP contribution in [-0.2, 0) is 17.8 Å². The third kappa shape index (κ3) is 9.67. The molecule has 3 aromatic rings. The van der Waals surface area contributed by atoms with Gasteiger partial charge in [0.05, 0.1) is 12.7 Å². The lowest BCUT2D eigenvalue weighted by Crippen LogP contribution is -2.31. The van der Waals surface area contributed by atoms with E-state index in [-0.39, 0.29) is 12.8 Å². The highest BCUT2D eigenvalue weighted by atomic mass is 32.1. The molecule has 0 amide bonds. The number of rotatable bonds is 6. The Hall–Kier alpha value is -2.88. The van der Waals surface area contributed by atoms with E-state index in [4.69, 9.17) is 9.78 Å². The van der Waals surface area contributed by atoms with Gasteiger partial charge in [0.1, 0.15) is 12.1 Å². The molecule has 10 heteroatoms. The SMILES string of the molecule is CC.CC=O.CCCC(F)(F)CC.Cc1cc2c(s1)CN(c1nccc(N3CCC(c4cn[nH]c4)C3)n1)CC2. The Labute approximate surface area is 236 Å². The van der Waals surface area contributed by atoms with E-state index in [1.165, 1.54) is 34.7 Å². The van der Waals surface area contributed by atoms with Crippen LogP contribution in [0.5, 0.6) is 0 Å². The molecule has 3 aromatic heterocycles. The lowest BCUT2D eigenvalue weighted by molar-refractivity contribution is -0.106. The van der Waals surface area contributed by atoms with E-state index < -0.39 is 5.92 Å². The highest BCUT2D eigenvalue weighted by Gasteiger charge is 2.27. The van der Waals surface area contributed by atoms with Crippen LogP contribution < -0.4 is 9.80 Å². The number of hydrogen-bond donors (Lipinski definition) is 1. The average molecular weight is 563 g/mol. The topological polar surface area (TPSA) is 78.0 Å². The monoisotopic (exact) mass is 562 g/mol. The number of anilines is 2. The summed E-state index contributed by atoms with van der Waals surface area (Å²) >= 11 is 1.90. The molecule has 0 aliphatic carbocycles. The quantitative estimate of drug-likeness (QED) is 0.321. The number of aromatic amines is 1. The maximum Gasteiger partial charge on any atom is 0.247 e. The molecule has 7 nitrogen and oxygen atoms in total. The number of halogens is 2. The van der Waals surface area contributed by atoms with E-state index in [1.54, 1.807) is 6.92 Å². The van der Waals surface area contributed by atoms with Gasteiger partial charge in [0.15, 0.2) is 0 Å². The Balaban J connectivity index is 0.000000349. The molecule has 1 N–H and O–H groups in total. The predicted octanol–water partition coefficient (Wildman–Crippen LogP) is 7.19. The number of aryl methyl sites for hydroxylation is 1. The molecule has 2 aliphatic heterocycles. The summed E-state index contributed by atoms with van der Waals surface area (Å²) in [4.78, 5) is 25.8. The summed E-state index contributed by atoms with van der Waals surface area (Å²) in [6.07, 6.45) is 9.39. The molecule has 1 saturated heterocycles. The van der Waals surface area contributed by atoms with E-state index >= 15 is 0 Å². The van der Waals surface area contributed by atoms with Crippen LogP contribution in [0.3, 0.4) is 0 Å². The Morgan fingerprint density at radius 2 is 1.97 bits per heavy atom. The highest BCUT2D eigenvalue weighted by molar-refractivity contribution is 7.12. The molecule has 0 spiro atoms. The average Bonchev–Trinajstić information content (AvgIpc) is 3.71. The van der Waals surface area contributed by atoms with Crippen LogP contribution in [0.15, 0.2) is 30.7 Å². The highest BCUT2D eigenvalue weighted by Crippen LogP contribution is 2.32. The summed E-state index contributed by atoms with van der Waals surface area (Å²) in [6.45, 7) is 14.8. The van der Waals surface area contributed by atoms with E-state index in [2.05, 4.69) is 38.0 Å². The van der Waals surface area contributed by atoms with Crippen molar-refractivity contribution >= 4 is 29.4 Å². The zero-order valence-corrected chi connectivity index (χ0v) is 25.0. The molecule has 0 radical (unpaired) electrons. The molecule has 2 aliphatic rings. The van der Waals surface area contributed by atoms with E-state index in [0.717, 1.165) is 57.1 Å². The van der Waals surface area contributed by atoms with Crippen molar-refractivity contribution in [1.29, 1.82) is 0 Å². The standard InChI is InChI=1S/C19H22N6S.C6H12F2.C2H4O.C2H6/c1-13-8-14-3-7-25(12-17(14)26-13)19-20-5-2-18(23-19)24-6-4-15(11-24)16-9-21-22-10-16;1-3-5-6(7,8)4-2;1-2-3;1-2/h2,5,8-10,15H,3-4,6-7,11-12H2,1H3,(H,21,22);3-5H2,1-2H3;2H,1H3;1-2H3. The van der Waals surface area contributed by atoms with Crippen LogP contribution in [0.4, 0.5) is 20.5 Å². The summed E-state index contributed by atoms with van der Waals surface area (Å²) in [5, 5.41) is 7.01. The van der Waals surface area contributed by atoms with Gasteiger partial charge in [-0.1, -0.05) is 34.1 Å². The fourth-order valence-corrected chi connectivity index (χ4v) is 5.68. The van der Waals surface area contributed by atoms with E-state index in [0.29, 0.717) is 12.3 Å². The fraction of sp³-hybridized carbons (Fsp3) is 0.586. The van der Waals surface area contributed by atoms with E-state index in [9.17, 15) is 8.78 Å². The van der Waals surface area contributed by atoms with Gasteiger partial charge in [0, 0.05) is 60.5 Å². The molecular formula is C29H44F2N6OS. The van der Waals surface area contributed by atoms with Crippen molar-refractivity contribution in [3.63, 3.8) is 0 Å². The summed E-state index contributed by atoms with van der Waals surface area (Å²) in [7, 11) is 0. The molecule has 216 valence electrons. The number of aromatic nitrogens is 4. The maximum absolute atomic E-state index is 12.2. The van der Waals surface area contributed by atoms with Crippen molar-refractivity contribution in [3.05, 3.63) is 51.6 Å². The maximum atomic E-state index is 12.2. The second-order valence-corrected chi connectivity index (χ2v) is 10.7. The van der Waals surface area contributed by atoms with Crippen molar-refractivity contribution < 1.29 is 13.6 Å². The number of H-pyrrole nitrogens is 1. The number of fused-ring (bicyclic) bond motifs is 1. The number of alkyl halides is 2. The van der Waals surface area contributed by atoms with Gasteiger partial charge < -0.3 is 14.6 Å². The third-order valence-corrected chi connectivity index (χ3v) is 7.63. The number of carbonyl (C=O) groups excluding carboxylic acids is 1. The number of aldehydes is 1. The largest absolute Gasteiger partial charge is 0.356 e. The van der Waals surface area contributed by atoms with Gasteiger partial charge in [-0.3, -0.25) is 5.10 Å². The predicted molar refractivity (Wildman–Crippen MR) is 157 cm³/mol. The normalized spacial score (nSPS) is 16.2. The Morgan fingerprint density at radius 1 is 1.23 bits per heavy atom. The summed E-state index contributed by atoms with van der Waals surface area (Å²) in [5.74, 6) is 0.00768. The number of thiophene rings is 1. The van der Waals surface area contributed by atoms with Crippen molar-refractivity contribution in [1.82, 2.24) is 20.2 Å². The van der Waals surface area contributed by atoms with Crippen LogP contribution in [0.2, 0.25) is 0 Å². The molecule has 0 aromatic carbocycles. The Bertz CT molecular complexity index is 1110. The molecule has 1 fully saturated rings. The molecule has 5 rings (SSSR count). The summed E-state index contributed by atoms with van der Waals surface area (Å²) in [6, 6.07) is 4.36. The first-order valence-corrected chi connectivity index (χ1v) is 14.8. The zero-order chi connectivity index (χ0) is 28.8. The van der Waals surface area contributed by atoms with E-state index in [1.807, 2.05) is 49.8 Å². The van der Waals surface area contributed by atoms with Crippen molar-refractivity contribution in [3.8, 4) is 0 Å². The third-order valence-electron chi connectivity index (χ3n) is 6.55. The molecule has 5 heterocycles. The lowest BCUT2D eigenvalue weighted by atomic mass is 10.0. The van der Waals surface area contributed by atoms with Gasteiger partial charge in [-0.2, -0.15) is 10.1 Å². The van der Waals surface area contributed by atoms with Crippen LogP contribution in [0, 0.1) is 6.92 Å². The van der Waals surface area contributed by atoms with Gasteiger partial charge in [-0.15, -0.1) is 11.3 Å². The van der Waals surface area contributed by atoms with Gasteiger partial charge in [-0.05, 0) is 49.9 Å². The molecule has 1 atom stereocenters. The fourth-order valence-electron chi connectivity index (χ4n) is 4.57. The van der Waals surface area contributed by atoms with Gasteiger partial charge in [0.25, 0.3) is 0 Å². The summed E-state index contributed by atoms with van der Waals surface area (Å²) in [5.41, 5.74) is 2.79. The number of nitrogens with one attached hydrogen (secondary N) is 1. The second-order valence-electron chi connectivity index (χ2n) is 9.35. The minimum atomic E-state index is -2.41. The molecule has 0 bridgehead atoms. The second kappa shape index (κ2) is 16.3. The summed E-state index contributed by atoms with van der Waals surface area (Å²) < 4.78 is 24.3. The van der Waals surface area contributed by atoms with Gasteiger partial charge >= 0.3 is 0 Å². The number of nitrogens with zero attached hydrogens (tertiary/aromatic N) is 5. The van der Waals surface area contributed by atoms with Crippen LogP contribution in [-0.4, -0.2) is 52.0 Å². The van der Waals surface area contributed by atoms with Crippen molar-refractivity contribution in [2.45, 2.75) is 92.0 Å². The molecule has 0 saturated carbocycles. The van der Waals surface area contributed by atoms with Gasteiger partial charge in [-0.25, -0.2) is 13.8 Å². The number of hydrogen-bond acceptors (Lipinski definition) is 7. The first-order valence-electron chi connectivity index (χ1n) is 14.0. The molecular weight excluding hydrogens is 518 g/mol. The smallest absolute Gasteiger partial charge is 0.247 e.